The van der Waals surface area contributed by atoms with Gasteiger partial charge < -0.3 is 10.4 Å². The van der Waals surface area contributed by atoms with Crippen LogP contribution in [0.5, 0.6) is 0 Å². The molecule has 1 rings (SSSR count). The summed E-state index contributed by atoms with van der Waals surface area (Å²) in [5, 5.41) is 13.2. The van der Waals surface area contributed by atoms with Crippen LogP contribution in [0.4, 0.5) is 0 Å². The Morgan fingerprint density at radius 3 is 2.88 bits per heavy atom. The Hall–Kier alpha value is -0.790. The number of amides is 1. The monoisotopic (exact) mass is 280 g/mol. The first kappa shape index (κ1) is 13.3. The molecule has 0 bridgehead atoms. The maximum Gasteiger partial charge on any atom is 0.327 e. The molecule has 0 aliphatic heterocycles. The minimum Gasteiger partial charge on any atom is -0.480 e. The van der Waals surface area contributed by atoms with Crippen LogP contribution in [-0.2, 0) is 9.59 Å². The summed E-state index contributed by atoms with van der Waals surface area (Å²) in [4.78, 5) is 25.5. The molecule has 1 heterocycles. The van der Waals surface area contributed by atoms with Crippen LogP contribution in [0.3, 0.4) is 0 Å². The summed E-state index contributed by atoms with van der Waals surface area (Å²) < 4.78 is 0.682. The lowest BCUT2D eigenvalue weighted by atomic mass is 10.3. The highest BCUT2D eigenvalue weighted by molar-refractivity contribution is 8.01. The van der Waals surface area contributed by atoms with Crippen molar-refractivity contribution in [1.29, 1.82) is 0 Å². The first-order chi connectivity index (χ1) is 7.49. The molecule has 5 nitrogen and oxygen atoms in total. The number of carboxylic acid groups (broad SMARTS) is 1. The number of halogens is 1. The van der Waals surface area contributed by atoms with E-state index in [1.54, 1.807) is 5.38 Å². The van der Waals surface area contributed by atoms with Gasteiger partial charge in [-0.25, -0.2) is 9.78 Å². The van der Waals surface area contributed by atoms with E-state index in [0.29, 0.717) is 9.49 Å². The van der Waals surface area contributed by atoms with Gasteiger partial charge in [0, 0.05) is 18.1 Å². The number of aliphatic carboxylic acids is 1. The van der Waals surface area contributed by atoms with E-state index in [2.05, 4.69) is 10.3 Å². The minimum absolute atomic E-state index is 0.221. The molecule has 1 atom stereocenters. The fourth-order valence-electron chi connectivity index (χ4n) is 0.880. The summed E-state index contributed by atoms with van der Waals surface area (Å²) in [5.74, 6) is -1.21. The van der Waals surface area contributed by atoms with E-state index < -0.39 is 12.0 Å². The number of carbonyl (C=O) groups excluding carboxylic acids is 1. The van der Waals surface area contributed by atoms with E-state index in [9.17, 15) is 9.59 Å². The maximum absolute atomic E-state index is 10.8. The van der Waals surface area contributed by atoms with Gasteiger partial charge in [-0.1, -0.05) is 23.4 Å². The average Bonchev–Trinajstić information content (AvgIpc) is 2.58. The summed E-state index contributed by atoms with van der Waals surface area (Å²) in [5.41, 5.74) is 0. The van der Waals surface area contributed by atoms with Crippen molar-refractivity contribution < 1.29 is 14.7 Å². The summed E-state index contributed by atoms with van der Waals surface area (Å²) >= 11 is 8.21. The zero-order valence-electron chi connectivity index (χ0n) is 8.27. The highest BCUT2D eigenvalue weighted by Crippen LogP contribution is 2.25. The highest BCUT2D eigenvalue weighted by Gasteiger charge is 2.19. The van der Waals surface area contributed by atoms with Gasteiger partial charge in [0.1, 0.15) is 11.2 Å². The van der Waals surface area contributed by atoms with Crippen LogP contribution < -0.4 is 5.32 Å². The molecule has 0 aliphatic rings. The number of nitrogens with zero attached hydrogens (tertiary/aromatic N) is 1. The molecule has 0 aromatic carbocycles. The smallest absolute Gasteiger partial charge is 0.327 e. The number of thioether (sulfide) groups is 1. The van der Waals surface area contributed by atoms with Gasteiger partial charge in [-0.15, -0.1) is 11.3 Å². The Bertz CT molecular complexity index is 396. The second-order valence-corrected chi connectivity index (χ2v) is 5.35. The van der Waals surface area contributed by atoms with Gasteiger partial charge in [0.15, 0.2) is 4.34 Å². The average molecular weight is 281 g/mol. The number of carboxylic acids is 1. The molecular weight excluding hydrogens is 272 g/mol. The van der Waals surface area contributed by atoms with Crippen molar-refractivity contribution in [2.24, 2.45) is 0 Å². The first-order valence-corrected chi connectivity index (χ1v) is 6.47. The van der Waals surface area contributed by atoms with Crippen molar-refractivity contribution >= 4 is 46.6 Å². The van der Waals surface area contributed by atoms with Gasteiger partial charge >= 0.3 is 5.97 Å². The van der Waals surface area contributed by atoms with Crippen molar-refractivity contribution in [3.05, 3.63) is 10.5 Å². The predicted octanol–water partition coefficient (Wildman–Crippen LogP) is 1.48. The summed E-state index contributed by atoms with van der Waals surface area (Å²) in [6.07, 6.45) is 0. The van der Waals surface area contributed by atoms with Crippen LogP contribution >= 0.6 is 34.7 Å². The van der Waals surface area contributed by atoms with Crippen LogP contribution in [-0.4, -0.2) is 33.8 Å². The van der Waals surface area contributed by atoms with Crippen LogP contribution in [0.1, 0.15) is 6.92 Å². The molecular formula is C8H9ClN2O3S2. The van der Waals surface area contributed by atoms with Gasteiger partial charge in [-0.3, -0.25) is 4.79 Å². The molecule has 0 spiro atoms. The summed E-state index contributed by atoms with van der Waals surface area (Å²) in [6.45, 7) is 1.28. The van der Waals surface area contributed by atoms with Crippen molar-refractivity contribution in [3.8, 4) is 0 Å². The third kappa shape index (κ3) is 4.38. The molecule has 16 heavy (non-hydrogen) atoms. The molecule has 88 valence electrons. The normalized spacial score (nSPS) is 12.1. The van der Waals surface area contributed by atoms with Gasteiger partial charge in [-0.05, 0) is 0 Å². The van der Waals surface area contributed by atoms with E-state index in [1.165, 1.54) is 30.0 Å². The van der Waals surface area contributed by atoms with E-state index in [4.69, 9.17) is 16.7 Å². The zero-order valence-corrected chi connectivity index (χ0v) is 10.7. The van der Waals surface area contributed by atoms with E-state index in [0.717, 1.165) is 0 Å². The largest absolute Gasteiger partial charge is 0.480 e. The molecule has 2 N–H and O–H groups in total. The topological polar surface area (TPSA) is 79.3 Å². The Kier molecular flexibility index (Phi) is 5.04. The maximum atomic E-state index is 10.8. The van der Waals surface area contributed by atoms with Crippen LogP contribution in [0.15, 0.2) is 9.72 Å². The molecule has 8 heteroatoms. The third-order valence-electron chi connectivity index (χ3n) is 1.50. The van der Waals surface area contributed by atoms with Crippen molar-refractivity contribution in [2.75, 3.05) is 5.75 Å². The van der Waals surface area contributed by atoms with E-state index >= 15 is 0 Å². The molecule has 0 fully saturated rings. The van der Waals surface area contributed by atoms with Crippen molar-refractivity contribution in [2.45, 2.75) is 17.3 Å². The predicted molar refractivity (Wildman–Crippen MR) is 63.1 cm³/mol. The Morgan fingerprint density at radius 1 is 1.75 bits per heavy atom. The van der Waals surface area contributed by atoms with Crippen LogP contribution in [0.2, 0.25) is 5.15 Å². The summed E-state index contributed by atoms with van der Waals surface area (Å²) in [7, 11) is 0. The number of thiazole rings is 1. The minimum atomic E-state index is -1.06. The van der Waals surface area contributed by atoms with Gasteiger partial charge in [0.05, 0.1) is 0 Å². The molecule has 0 aliphatic carbocycles. The molecule has 1 amide bonds. The van der Waals surface area contributed by atoms with Crippen molar-refractivity contribution in [1.82, 2.24) is 10.3 Å². The second kappa shape index (κ2) is 6.07. The number of aromatic nitrogens is 1. The first-order valence-electron chi connectivity index (χ1n) is 4.22. The molecule has 1 aromatic heterocycles. The standard InChI is InChI=1S/C8H9ClN2O3S2/c1-4(12)10-5(7(13)14)2-15-8-11-6(9)3-16-8/h3,5H,2H2,1H3,(H,10,12)(H,13,14)/t5-/m0/s1. The second-order valence-electron chi connectivity index (χ2n) is 2.84. The number of rotatable bonds is 5. The molecule has 0 unspecified atom stereocenters. The highest BCUT2D eigenvalue weighted by atomic mass is 35.5. The lowest BCUT2D eigenvalue weighted by Crippen LogP contribution is -2.41. The lowest BCUT2D eigenvalue weighted by Gasteiger charge is -2.11. The van der Waals surface area contributed by atoms with E-state index in [-0.39, 0.29) is 11.7 Å². The Labute approximate surface area is 105 Å². The van der Waals surface area contributed by atoms with Gasteiger partial charge in [-0.2, -0.15) is 0 Å². The Balaban J connectivity index is 2.50. The Morgan fingerprint density at radius 2 is 2.44 bits per heavy atom. The summed E-state index contributed by atoms with van der Waals surface area (Å²) in [6, 6.07) is -0.912. The van der Waals surface area contributed by atoms with Gasteiger partial charge in [0.25, 0.3) is 0 Å². The molecule has 0 radical (unpaired) electrons. The van der Waals surface area contributed by atoms with Crippen LogP contribution in [0, 0.1) is 0 Å². The fourth-order valence-corrected chi connectivity index (χ4v) is 2.92. The zero-order chi connectivity index (χ0) is 12.1. The van der Waals surface area contributed by atoms with Gasteiger partial charge in [0.2, 0.25) is 5.91 Å². The van der Waals surface area contributed by atoms with Crippen LogP contribution in [0.25, 0.3) is 0 Å². The quantitative estimate of drug-likeness (QED) is 0.799. The number of hydrogen-bond acceptors (Lipinski definition) is 5. The molecule has 0 saturated carbocycles. The molecule has 1 aromatic rings. The SMILES string of the molecule is CC(=O)N[C@@H](CSc1nc(Cl)cs1)C(=O)O. The van der Waals surface area contributed by atoms with Crippen molar-refractivity contribution in [3.63, 3.8) is 0 Å². The third-order valence-corrected chi connectivity index (χ3v) is 3.94. The number of nitrogens with one attached hydrogen (secondary N) is 1. The lowest BCUT2D eigenvalue weighted by molar-refractivity contribution is -0.140. The molecule has 0 saturated heterocycles. The number of hydrogen-bond donors (Lipinski definition) is 2. The fraction of sp³-hybridized carbons (Fsp3) is 0.375. The number of carbonyl (C=O) groups is 2. The van der Waals surface area contributed by atoms with E-state index in [1.807, 2.05) is 0 Å².